The summed E-state index contributed by atoms with van der Waals surface area (Å²) < 4.78 is 18.8. The van der Waals surface area contributed by atoms with E-state index in [9.17, 15) is 9.18 Å². The number of nitrogens with zero attached hydrogens (tertiary/aromatic N) is 3. The smallest absolute Gasteiger partial charge is 0.236 e. The van der Waals surface area contributed by atoms with Crippen LogP contribution in [-0.2, 0) is 4.79 Å². The molecule has 5 nitrogen and oxygen atoms in total. The van der Waals surface area contributed by atoms with Gasteiger partial charge >= 0.3 is 0 Å². The molecule has 1 amide bonds. The number of carbonyl (C=O) groups is 1. The van der Waals surface area contributed by atoms with Gasteiger partial charge in [0.25, 0.3) is 0 Å². The molecule has 150 valence electrons. The van der Waals surface area contributed by atoms with Crippen molar-refractivity contribution in [1.82, 2.24) is 14.7 Å². The van der Waals surface area contributed by atoms with Crippen LogP contribution in [0.25, 0.3) is 0 Å². The zero-order chi connectivity index (χ0) is 19.2. The number of benzene rings is 1. The van der Waals surface area contributed by atoms with Crippen molar-refractivity contribution >= 4 is 5.91 Å². The van der Waals surface area contributed by atoms with Crippen LogP contribution in [0.15, 0.2) is 24.3 Å². The maximum atomic E-state index is 13.0. The van der Waals surface area contributed by atoms with Gasteiger partial charge in [-0.15, -0.1) is 0 Å². The number of rotatable bonds is 6. The Labute approximate surface area is 162 Å². The zero-order valence-corrected chi connectivity index (χ0v) is 16.6. The van der Waals surface area contributed by atoms with E-state index < -0.39 is 0 Å². The van der Waals surface area contributed by atoms with E-state index in [-0.39, 0.29) is 11.7 Å². The van der Waals surface area contributed by atoms with E-state index in [1.54, 1.807) is 12.1 Å². The average molecular weight is 378 g/mol. The number of amides is 1. The maximum absolute atomic E-state index is 13.0. The van der Waals surface area contributed by atoms with Crippen LogP contribution in [0.3, 0.4) is 0 Å². The van der Waals surface area contributed by atoms with Gasteiger partial charge in [0.2, 0.25) is 5.91 Å². The van der Waals surface area contributed by atoms with E-state index in [0.29, 0.717) is 30.9 Å². The van der Waals surface area contributed by atoms with Gasteiger partial charge in [0.1, 0.15) is 11.6 Å². The van der Waals surface area contributed by atoms with Gasteiger partial charge in [0, 0.05) is 25.0 Å². The molecule has 2 fully saturated rings. The van der Waals surface area contributed by atoms with Gasteiger partial charge in [-0.3, -0.25) is 9.69 Å². The Bertz CT molecular complexity index is 602. The minimum atomic E-state index is -0.259. The second-order valence-corrected chi connectivity index (χ2v) is 8.06. The molecule has 1 unspecified atom stereocenters. The highest BCUT2D eigenvalue weighted by atomic mass is 19.1. The summed E-state index contributed by atoms with van der Waals surface area (Å²) in [6.45, 7) is 4.87. The molecule has 0 bridgehead atoms. The fraction of sp³-hybridized carbons (Fsp3) is 0.667. The number of ether oxygens (including phenoxy) is 1. The SMILES string of the molecule is CN1CCC(N(C)CC(=O)N2CCCC(COc3ccc(F)cc3)C2)CC1. The third-order valence-corrected chi connectivity index (χ3v) is 5.87. The monoisotopic (exact) mass is 377 g/mol. The van der Waals surface area contributed by atoms with Crippen LogP contribution in [0.1, 0.15) is 25.7 Å². The summed E-state index contributed by atoms with van der Waals surface area (Å²) in [7, 11) is 4.23. The van der Waals surface area contributed by atoms with Crippen molar-refractivity contribution in [1.29, 1.82) is 0 Å². The van der Waals surface area contributed by atoms with Gasteiger partial charge in [0.05, 0.1) is 13.2 Å². The molecule has 0 aliphatic carbocycles. The van der Waals surface area contributed by atoms with Crippen molar-refractivity contribution in [3.05, 3.63) is 30.1 Å². The Morgan fingerprint density at radius 3 is 2.59 bits per heavy atom. The van der Waals surface area contributed by atoms with Gasteiger partial charge < -0.3 is 14.5 Å². The number of hydrogen-bond acceptors (Lipinski definition) is 4. The number of carbonyl (C=O) groups excluding carboxylic acids is 1. The normalized spacial score (nSPS) is 22.2. The molecule has 0 saturated carbocycles. The summed E-state index contributed by atoms with van der Waals surface area (Å²) in [5.41, 5.74) is 0. The number of likely N-dealkylation sites (tertiary alicyclic amines) is 2. The Balaban J connectivity index is 1.44. The first-order valence-electron chi connectivity index (χ1n) is 10.1. The summed E-state index contributed by atoms with van der Waals surface area (Å²) in [6, 6.07) is 6.62. The quantitative estimate of drug-likeness (QED) is 0.763. The van der Waals surface area contributed by atoms with Crippen LogP contribution in [0, 0.1) is 11.7 Å². The predicted octanol–water partition coefficient (Wildman–Crippen LogP) is 2.47. The zero-order valence-electron chi connectivity index (χ0n) is 16.6. The first-order valence-corrected chi connectivity index (χ1v) is 10.1. The maximum Gasteiger partial charge on any atom is 0.236 e. The van der Waals surface area contributed by atoms with Crippen LogP contribution < -0.4 is 4.74 Å². The Morgan fingerprint density at radius 2 is 1.89 bits per heavy atom. The van der Waals surface area contributed by atoms with E-state index in [4.69, 9.17) is 4.74 Å². The van der Waals surface area contributed by atoms with Crippen molar-refractivity contribution in [2.24, 2.45) is 5.92 Å². The van der Waals surface area contributed by atoms with Crippen LogP contribution in [0.5, 0.6) is 5.75 Å². The summed E-state index contributed by atoms with van der Waals surface area (Å²) in [4.78, 5) is 19.3. The molecular formula is C21H32FN3O2. The molecule has 2 heterocycles. The third-order valence-electron chi connectivity index (χ3n) is 5.87. The molecule has 0 spiro atoms. The third kappa shape index (κ3) is 5.91. The van der Waals surface area contributed by atoms with Crippen LogP contribution in [0.4, 0.5) is 4.39 Å². The highest BCUT2D eigenvalue weighted by Crippen LogP contribution is 2.20. The average Bonchev–Trinajstić information content (AvgIpc) is 2.68. The standard InChI is InChI=1S/C21H32FN3O2/c1-23-12-9-19(10-13-23)24(2)15-21(26)25-11-3-4-17(14-25)16-27-20-7-5-18(22)6-8-20/h5-8,17,19H,3-4,9-16H2,1-2H3. The van der Waals surface area contributed by atoms with Crippen molar-refractivity contribution in [2.45, 2.75) is 31.7 Å². The topological polar surface area (TPSA) is 36.0 Å². The largest absolute Gasteiger partial charge is 0.493 e. The fourth-order valence-corrected chi connectivity index (χ4v) is 4.05. The first-order chi connectivity index (χ1) is 13.0. The molecule has 2 saturated heterocycles. The molecule has 1 aromatic carbocycles. The minimum absolute atomic E-state index is 0.225. The van der Waals surface area contributed by atoms with Crippen LogP contribution >= 0.6 is 0 Å². The number of likely N-dealkylation sites (N-methyl/N-ethyl adjacent to an activating group) is 1. The Kier molecular flexibility index (Phi) is 7.07. The van der Waals surface area contributed by atoms with E-state index in [1.807, 2.05) is 4.90 Å². The van der Waals surface area contributed by atoms with Gasteiger partial charge in [-0.2, -0.15) is 0 Å². The molecule has 2 aliphatic heterocycles. The summed E-state index contributed by atoms with van der Waals surface area (Å²) >= 11 is 0. The lowest BCUT2D eigenvalue weighted by atomic mass is 9.98. The number of piperidine rings is 2. The number of hydrogen-bond donors (Lipinski definition) is 0. The highest BCUT2D eigenvalue weighted by molar-refractivity contribution is 5.78. The second kappa shape index (κ2) is 9.51. The van der Waals surface area contributed by atoms with E-state index >= 15 is 0 Å². The van der Waals surface area contributed by atoms with Gasteiger partial charge in [-0.1, -0.05) is 0 Å². The first kappa shape index (κ1) is 20.1. The summed E-state index contributed by atoms with van der Waals surface area (Å²) in [5.74, 6) is 0.983. The van der Waals surface area contributed by atoms with Crippen LogP contribution in [0.2, 0.25) is 0 Å². The molecule has 2 aliphatic rings. The molecule has 0 N–H and O–H groups in total. The lowest BCUT2D eigenvalue weighted by molar-refractivity contribution is -0.134. The lowest BCUT2D eigenvalue weighted by Crippen LogP contribution is -2.49. The molecule has 0 aromatic heterocycles. The van der Waals surface area contributed by atoms with E-state index in [1.165, 1.54) is 12.1 Å². The van der Waals surface area contributed by atoms with E-state index in [0.717, 1.165) is 51.9 Å². The van der Waals surface area contributed by atoms with Crippen LogP contribution in [-0.4, -0.2) is 80.1 Å². The fourth-order valence-electron chi connectivity index (χ4n) is 4.05. The molecule has 27 heavy (non-hydrogen) atoms. The summed E-state index contributed by atoms with van der Waals surface area (Å²) in [5, 5.41) is 0. The van der Waals surface area contributed by atoms with Crippen molar-refractivity contribution in [3.8, 4) is 5.75 Å². The molecule has 6 heteroatoms. The van der Waals surface area contributed by atoms with Gasteiger partial charge in [0.15, 0.2) is 0 Å². The van der Waals surface area contributed by atoms with E-state index in [2.05, 4.69) is 23.9 Å². The second-order valence-electron chi connectivity index (χ2n) is 8.06. The predicted molar refractivity (Wildman–Crippen MR) is 104 cm³/mol. The Morgan fingerprint density at radius 1 is 1.19 bits per heavy atom. The molecule has 3 rings (SSSR count). The lowest BCUT2D eigenvalue weighted by Gasteiger charge is -2.37. The van der Waals surface area contributed by atoms with Crippen molar-refractivity contribution in [3.63, 3.8) is 0 Å². The Hall–Kier alpha value is -1.66. The minimum Gasteiger partial charge on any atom is -0.493 e. The number of halogens is 1. The van der Waals surface area contributed by atoms with Gasteiger partial charge in [-0.05, 0) is 77.1 Å². The molecule has 1 atom stereocenters. The van der Waals surface area contributed by atoms with Crippen molar-refractivity contribution in [2.75, 3.05) is 53.4 Å². The summed E-state index contributed by atoms with van der Waals surface area (Å²) in [6.07, 6.45) is 4.35. The molecular weight excluding hydrogens is 345 g/mol. The van der Waals surface area contributed by atoms with Crippen molar-refractivity contribution < 1.29 is 13.9 Å². The highest BCUT2D eigenvalue weighted by Gasteiger charge is 2.27. The molecule has 0 radical (unpaired) electrons. The molecule has 1 aromatic rings. The van der Waals surface area contributed by atoms with Gasteiger partial charge in [-0.25, -0.2) is 4.39 Å².